The van der Waals surface area contributed by atoms with Crippen molar-refractivity contribution in [2.75, 3.05) is 16.3 Å². The van der Waals surface area contributed by atoms with Gasteiger partial charge in [0, 0.05) is 23.6 Å². The summed E-state index contributed by atoms with van der Waals surface area (Å²) in [6.07, 6.45) is 10.4. The Morgan fingerprint density at radius 3 is 2.03 bits per heavy atom. The van der Waals surface area contributed by atoms with Gasteiger partial charge in [-0.05, 0) is 133 Å². The number of imide groups is 1. The molecule has 2 aliphatic heterocycles. The number of rotatable bonds is 19. The molecule has 404 valence electrons. The van der Waals surface area contributed by atoms with Crippen LogP contribution in [0, 0.1) is 57.8 Å². The van der Waals surface area contributed by atoms with Crippen molar-refractivity contribution in [1.29, 1.82) is 5.26 Å². The van der Waals surface area contributed by atoms with Crippen LogP contribution in [-0.4, -0.2) is 53.6 Å². The first-order valence-corrected chi connectivity index (χ1v) is 26.8. The lowest BCUT2D eigenvalue weighted by atomic mass is 9.78. The molecular formula is C61H79Cl2N5O7. The van der Waals surface area contributed by atoms with E-state index < -0.39 is 41.7 Å². The number of hydrogen-bond donors (Lipinski definition) is 2. The predicted molar refractivity (Wildman–Crippen MR) is 301 cm³/mol. The number of aliphatic hydroxyl groups excluding tert-OH is 1. The summed E-state index contributed by atoms with van der Waals surface area (Å²) in [6, 6.07) is 11.5. The molecule has 4 amide bonds. The summed E-state index contributed by atoms with van der Waals surface area (Å²) in [7, 11) is 0. The second-order valence-electron chi connectivity index (χ2n) is 24.3. The number of allylic oxidation sites excluding steroid dienone is 4. The van der Waals surface area contributed by atoms with E-state index in [1.807, 2.05) is 12.1 Å². The Kier molecular flexibility index (Phi) is 21.3. The average molecular weight is 1070 g/mol. The minimum atomic E-state index is -1.57. The maximum atomic E-state index is 14.2. The second-order valence-corrected chi connectivity index (χ2v) is 25.1. The first kappa shape index (κ1) is 61.8. The number of hydrogen-bond acceptors (Lipinski definition) is 8. The van der Waals surface area contributed by atoms with E-state index in [9.17, 15) is 34.3 Å². The molecule has 0 bridgehead atoms. The third-order valence-corrected chi connectivity index (χ3v) is 14.5. The predicted octanol–water partition coefficient (Wildman–Crippen LogP) is 14.1. The molecule has 0 spiro atoms. The van der Waals surface area contributed by atoms with E-state index in [4.69, 9.17) is 34.5 Å². The van der Waals surface area contributed by atoms with Crippen LogP contribution in [0.2, 0.25) is 10.0 Å². The van der Waals surface area contributed by atoms with Crippen LogP contribution >= 0.6 is 23.2 Å². The van der Waals surface area contributed by atoms with Gasteiger partial charge in [-0.15, -0.1) is 0 Å². The Balaban J connectivity index is 1.53. The van der Waals surface area contributed by atoms with E-state index in [2.05, 4.69) is 100 Å². The van der Waals surface area contributed by atoms with Crippen LogP contribution < -0.4 is 15.1 Å². The Hall–Kier alpha value is -5.79. The highest BCUT2D eigenvalue weighted by Crippen LogP contribution is 2.41. The number of nitrogens with one attached hydrogen (secondary N) is 1. The largest absolute Gasteiger partial charge is 0.462 e. The van der Waals surface area contributed by atoms with Gasteiger partial charge in [0.25, 0.3) is 29.3 Å². The normalized spacial score (nSPS) is 19.6. The van der Waals surface area contributed by atoms with Crippen molar-refractivity contribution in [3.05, 3.63) is 127 Å². The van der Waals surface area contributed by atoms with E-state index in [1.165, 1.54) is 31.2 Å². The Morgan fingerprint density at radius 2 is 1.43 bits per heavy atom. The number of esters is 1. The Morgan fingerprint density at radius 1 is 0.827 bits per heavy atom. The lowest BCUT2D eigenvalue weighted by molar-refractivity contribution is -0.152. The van der Waals surface area contributed by atoms with Gasteiger partial charge in [-0.3, -0.25) is 33.8 Å². The van der Waals surface area contributed by atoms with Gasteiger partial charge in [-0.1, -0.05) is 150 Å². The highest BCUT2D eigenvalue weighted by atomic mass is 35.5. The summed E-state index contributed by atoms with van der Waals surface area (Å²) < 4.78 is 6.08. The summed E-state index contributed by atoms with van der Waals surface area (Å²) >= 11 is 13.3. The molecule has 0 fully saturated rings. The zero-order chi connectivity index (χ0) is 56.5. The summed E-state index contributed by atoms with van der Waals surface area (Å²) in [6.45, 7) is 39.3. The molecule has 2 aromatic rings. The van der Waals surface area contributed by atoms with Crippen molar-refractivity contribution in [2.45, 2.75) is 161 Å². The number of anilines is 2. The molecule has 2 heterocycles. The zero-order valence-corrected chi connectivity index (χ0v) is 48.3. The SMILES string of the molecule is [C-]#[N+]C1=C(C)/C(=C/C=C/C=C/C2C(C)=C(C#N)C(=O)N(c3cc(C(=O)NCCC(=O)OC(CCC(C)CC(C)(C)C)C(C)CC(C)(C)C)ccc3Cl)C2O)C(=O)N(c2cc(C(C)C(C)CC(C)(C)C)ccc2Cl)C1=O. The van der Waals surface area contributed by atoms with E-state index in [-0.39, 0.29) is 102 Å². The number of benzene rings is 2. The summed E-state index contributed by atoms with van der Waals surface area (Å²) in [4.78, 5) is 74.0. The molecule has 12 nitrogen and oxygen atoms in total. The number of amides is 4. The maximum absolute atomic E-state index is 14.2. The van der Waals surface area contributed by atoms with E-state index in [0.717, 1.165) is 47.5 Å². The van der Waals surface area contributed by atoms with Crippen LogP contribution in [0.1, 0.15) is 164 Å². The standard InChI is InChI=1S/C61H79Cl2N5O7/c1-36(32-59(7,8)9)22-27-51(38(3)34-61(13,14)15)75-52(69)28-29-66-54(70)43-24-26-48(63)50(31-43)67-55(71)44(40(5)46(35-64)57(67)73)20-18-17-19-21-45-41(6)53(65-16)58(74)68(56(45)72)49-30-42(23-25-47(49)62)39(4)37(2)33-60(10,11)12/h17-21,23-26,30-31,36-39,44,51,55,71H,22,27-29,32-34H2,1-15H3,(H,66,70)/b19-17+,20-18+,45-21-. The fourth-order valence-electron chi connectivity index (χ4n) is 10.4. The quantitative estimate of drug-likeness (QED) is 0.0462. The van der Waals surface area contributed by atoms with Gasteiger partial charge >= 0.3 is 5.97 Å². The van der Waals surface area contributed by atoms with E-state index >= 15 is 0 Å². The number of carbonyl (C=O) groups excluding carboxylic acids is 5. The first-order chi connectivity index (χ1) is 34.8. The van der Waals surface area contributed by atoms with Crippen molar-refractivity contribution >= 4 is 64.2 Å². The summed E-state index contributed by atoms with van der Waals surface area (Å²) in [5, 5.41) is 25.0. The fraction of sp³-hybridized carbons (Fsp3) is 0.525. The Labute approximate surface area is 456 Å². The molecule has 0 aromatic heterocycles. The van der Waals surface area contributed by atoms with Gasteiger partial charge in [-0.25, -0.2) is 4.85 Å². The summed E-state index contributed by atoms with van der Waals surface area (Å²) in [5.41, 5.74) is 1.64. The minimum absolute atomic E-state index is 0.0104. The summed E-state index contributed by atoms with van der Waals surface area (Å²) in [5.74, 6) is -3.19. The number of ether oxygens (including phenoxy) is 1. The van der Waals surface area contributed by atoms with Gasteiger partial charge in [0.15, 0.2) is 0 Å². The molecule has 0 saturated heterocycles. The van der Waals surface area contributed by atoms with Crippen LogP contribution in [0.15, 0.2) is 94.8 Å². The van der Waals surface area contributed by atoms with Gasteiger partial charge in [-0.2, -0.15) is 5.26 Å². The van der Waals surface area contributed by atoms with Crippen molar-refractivity contribution in [3.63, 3.8) is 0 Å². The van der Waals surface area contributed by atoms with Crippen LogP contribution in [0.3, 0.4) is 0 Å². The molecular weight excluding hydrogens is 986 g/mol. The van der Waals surface area contributed by atoms with Gasteiger partial charge in [0.1, 0.15) is 24.0 Å². The van der Waals surface area contributed by atoms with Crippen LogP contribution in [-0.2, 0) is 23.9 Å². The fourth-order valence-corrected chi connectivity index (χ4v) is 10.8. The molecule has 14 heteroatoms. The molecule has 0 aliphatic carbocycles. The van der Waals surface area contributed by atoms with Crippen LogP contribution in [0.25, 0.3) is 4.85 Å². The molecule has 2 aliphatic rings. The molecule has 0 saturated carbocycles. The Bertz CT molecular complexity index is 2730. The monoisotopic (exact) mass is 1060 g/mol. The first-order valence-electron chi connectivity index (χ1n) is 26.0. The average Bonchev–Trinajstić information content (AvgIpc) is 3.29. The van der Waals surface area contributed by atoms with Crippen molar-refractivity contribution in [2.24, 2.45) is 39.9 Å². The van der Waals surface area contributed by atoms with Crippen LogP contribution in [0.4, 0.5) is 11.4 Å². The molecule has 7 atom stereocenters. The second kappa shape index (κ2) is 25.8. The number of halogens is 2. The van der Waals surface area contributed by atoms with Gasteiger partial charge in [0.05, 0.1) is 34.4 Å². The molecule has 2 N–H and O–H groups in total. The number of carbonyl (C=O) groups is 5. The number of nitrogens with zero attached hydrogens (tertiary/aromatic N) is 4. The van der Waals surface area contributed by atoms with E-state index in [1.54, 1.807) is 43.4 Å². The zero-order valence-electron chi connectivity index (χ0n) is 46.8. The van der Waals surface area contributed by atoms with Crippen molar-refractivity contribution < 1.29 is 33.8 Å². The van der Waals surface area contributed by atoms with Gasteiger partial charge < -0.3 is 15.2 Å². The van der Waals surface area contributed by atoms with Crippen LogP contribution in [0.5, 0.6) is 0 Å². The highest BCUT2D eigenvalue weighted by Gasteiger charge is 2.41. The number of nitriles is 1. The van der Waals surface area contributed by atoms with E-state index in [0.29, 0.717) is 11.5 Å². The topological polar surface area (TPSA) is 161 Å². The van der Waals surface area contributed by atoms with Gasteiger partial charge in [0.2, 0.25) is 0 Å². The highest BCUT2D eigenvalue weighted by molar-refractivity contribution is 6.38. The lowest BCUT2D eigenvalue weighted by Crippen LogP contribution is -2.49. The lowest BCUT2D eigenvalue weighted by Gasteiger charge is -2.37. The molecule has 0 radical (unpaired) electrons. The molecule has 75 heavy (non-hydrogen) atoms. The maximum Gasteiger partial charge on any atom is 0.307 e. The minimum Gasteiger partial charge on any atom is -0.462 e. The molecule has 7 unspecified atom stereocenters. The van der Waals surface area contributed by atoms with Crippen molar-refractivity contribution in [1.82, 2.24) is 5.32 Å². The smallest absolute Gasteiger partial charge is 0.307 e. The third-order valence-electron chi connectivity index (χ3n) is 13.9. The molecule has 2 aromatic carbocycles. The van der Waals surface area contributed by atoms with Crippen molar-refractivity contribution in [3.8, 4) is 6.07 Å². The third kappa shape index (κ3) is 16.6. The molecule has 4 rings (SSSR count). The number of aliphatic hydroxyl groups is 1.